The third kappa shape index (κ3) is 5.69. The van der Waals surface area contributed by atoms with Gasteiger partial charge in [-0.1, -0.05) is 35.9 Å². The molecule has 0 spiro atoms. The Kier molecular flexibility index (Phi) is 5.79. The van der Waals surface area contributed by atoms with Crippen molar-refractivity contribution >= 4 is 17.2 Å². The second-order valence-corrected chi connectivity index (χ2v) is 6.21. The molecule has 1 heterocycles. The molecule has 0 aliphatic heterocycles. The first-order valence-corrected chi connectivity index (χ1v) is 8.00. The van der Waals surface area contributed by atoms with Crippen LogP contribution in [0.3, 0.4) is 0 Å². The van der Waals surface area contributed by atoms with Gasteiger partial charge in [-0.3, -0.25) is 4.79 Å². The summed E-state index contributed by atoms with van der Waals surface area (Å²) in [6.07, 6.45) is -4.39. The molecule has 1 amide bonds. The van der Waals surface area contributed by atoms with Gasteiger partial charge >= 0.3 is 6.18 Å². The second-order valence-electron chi connectivity index (χ2n) is 5.24. The van der Waals surface area contributed by atoms with Gasteiger partial charge in [0.05, 0.1) is 4.88 Å². The SMILES string of the molecule is Cc1ccc([C@@H]([NH2+]CC(=O)NCC(F)(F)F)c2cccs2)cc1. The zero-order chi connectivity index (χ0) is 16.9. The lowest BCUT2D eigenvalue weighted by Crippen LogP contribution is -2.87. The monoisotopic (exact) mass is 343 g/mol. The normalized spacial score (nSPS) is 12.9. The van der Waals surface area contributed by atoms with E-state index in [1.54, 1.807) is 16.7 Å². The number of benzene rings is 1. The van der Waals surface area contributed by atoms with E-state index in [4.69, 9.17) is 0 Å². The van der Waals surface area contributed by atoms with Gasteiger partial charge in [0.25, 0.3) is 5.91 Å². The van der Waals surface area contributed by atoms with Crippen molar-refractivity contribution in [2.45, 2.75) is 19.1 Å². The van der Waals surface area contributed by atoms with Crippen LogP contribution in [-0.4, -0.2) is 25.2 Å². The Labute approximate surface area is 136 Å². The van der Waals surface area contributed by atoms with E-state index in [0.29, 0.717) is 0 Å². The second kappa shape index (κ2) is 7.61. The van der Waals surface area contributed by atoms with Crippen LogP contribution in [0.4, 0.5) is 13.2 Å². The Morgan fingerprint density at radius 2 is 1.96 bits per heavy atom. The van der Waals surface area contributed by atoms with Crippen LogP contribution in [0, 0.1) is 6.92 Å². The fourth-order valence-corrected chi connectivity index (χ4v) is 3.00. The summed E-state index contributed by atoms with van der Waals surface area (Å²) in [6, 6.07) is 11.7. The van der Waals surface area contributed by atoms with Gasteiger partial charge in [0.1, 0.15) is 12.6 Å². The Morgan fingerprint density at radius 3 is 2.52 bits per heavy atom. The minimum absolute atomic E-state index is 0.0630. The molecule has 0 aliphatic carbocycles. The Morgan fingerprint density at radius 1 is 1.26 bits per heavy atom. The average Bonchev–Trinajstić information content (AvgIpc) is 3.00. The van der Waals surface area contributed by atoms with Crippen molar-refractivity contribution in [3.63, 3.8) is 0 Å². The zero-order valence-corrected chi connectivity index (χ0v) is 13.4. The third-order valence-electron chi connectivity index (χ3n) is 3.31. The van der Waals surface area contributed by atoms with E-state index in [0.717, 1.165) is 16.0 Å². The number of alkyl halides is 3. The maximum Gasteiger partial charge on any atom is 0.405 e. The summed E-state index contributed by atoms with van der Waals surface area (Å²) in [5, 5.41) is 5.58. The molecule has 0 aliphatic rings. The first-order valence-electron chi connectivity index (χ1n) is 7.12. The molecule has 0 saturated heterocycles. The molecular formula is C16H18F3N2OS+. The van der Waals surface area contributed by atoms with Gasteiger partial charge in [0.2, 0.25) is 0 Å². The highest BCUT2D eigenvalue weighted by molar-refractivity contribution is 7.10. The minimum Gasteiger partial charge on any atom is -0.342 e. The molecule has 23 heavy (non-hydrogen) atoms. The van der Waals surface area contributed by atoms with Crippen molar-refractivity contribution in [2.75, 3.05) is 13.1 Å². The molecule has 0 bridgehead atoms. The van der Waals surface area contributed by atoms with Crippen molar-refractivity contribution in [1.82, 2.24) is 5.32 Å². The third-order valence-corrected chi connectivity index (χ3v) is 4.27. The first kappa shape index (κ1) is 17.5. The zero-order valence-electron chi connectivity index (χ0n) is 12.6. The lowest BCUT2D eigenvalue weighted by molar-refractivity contribution is -0.676. The molecule has 3 nitrogen and oxygen atoms in total. The fraction of sp³-hybridized carbons (Fsp3) is 0.312. The maximum atomic E-state index is 12.1. The summed E-state index contributed by atoms with van der Waals surface area (Å²) in [5.74, 6) is -0.629. The summed E-state index contributed by atoms with van der Waals surface area (Å²) in [4.78, 5) is 12.7. The molecule has 0 radical (unpaired) electrons. The van der Waals surface area contributed by atoms with Crippen LogP contribution in [0.5, 0.6) is 0 Å². The molecule has 0 saturated carbocycles. The standard InChI is InChI=1S/C16H17F3N2OS/c1-11-4-6-12(7-5-11)15(13-3-2-8-23-13)20-9-14(22)21-10-16(17,18)19/h2-8,15,20H,9-10H2,1H3,(H,21,22)/p+1/t15-/m1/s1. The van der Waals surface area contributed by atoms with Crippen LogP contribution in [0.2, 0.25) is 0 Å². The van der Waals surface area contributed by atoms with Crippen LogP contribution in [0.25, 0.3) is 0 Å². The van der Waals surface area contributed by atoms with Gasteiger partial charge in [-0.2, -0.15) is 13.2 Å². The molecular weight excluding hydrogens is 325 g/mol. The van der Waals surface area contributed by atoms with Crippen molar-refractivity contribution in [3.8, 4) is 0 Å². The van der Waals surface area contributed by atoms with Gasteiger partial charge in [-0.05, 0) is 18.4 Å². The van der Waals surface area contributed by atoms with Crippen LogP contribution in [0.15, 0.2) is 41.8 Å². The van der Waals surface area contributed by atoms with Crippen LogP contribution in [-0.2, 0) is 4.79 Å². The number of nitrogens with one attached hydrogen (secondary N) is 1. The van der Waals surface area contributed by atoms with E-state index in [1.165, 1.54) is 0 Å². The highest BCUT2D eigenvalue weighted by Gasteiger charge is 2.28. The fourth-order valence-electron chi connectivity index (χ4n) is 2.15. The number of carbonyl (C=O) groups excluding carboxylic acids is 1. The van der Waals surface area contributed by atoms with E-state index in [1.807, 2.05) is 54.0 Å². The summed E-state index contributed by atoms with van der Waals surface area (Å²) in [7, 11) is 0. The molecule has 3 N–H and O–H groups in total. The average molecular weight is 343 g/mol. The van der Waals surface area contributed by atoms with Gasteiger partial charge < -0.3 is 10.6 Å². The van der Waals surface area contributed by atoms with Crippen LogP contribution >= 0.6 is 11.3 Å². The quantitative estimate of drug-likeness (QED) is 0.831. The van der Waals surface area contributed by atoms with Crippen LogP contribution in [0.1, 0.15) is 22.0 Å². The van der Waals surface area contributed by atoms with Crippen molar-refractivity contribution in [3.05, 3.63) is 57.8 Å². The number of amides is 1. The molecule has 0 fully saturated rings. The molecule has 7 heteroatoms. The number of nitrogens with two attached hydrogens (primary N) is 1. The number of aryl methyl sites for hydroxylation is 1. The van der Waals surface area contributed by atoms with Crippen LogP contribution < -0.4 is 10.6 Å². The van der Waals surface area contributed by atoms with Crippen molar-refractivity contribution in [1.29, 1.82) is 0 Å². The van der Waals surface area contributed by atoms with E-state index < -0.39 is 18.6 Å². The lowest BCUT2D eigenvalue weighted by Gasteiger charge is -2.15. The number of rotatable bonds is 6. The van der Waals surface area contributed by atoms with Crippen molar-refractivity contribution < 1.29 is 23.3 Å². The van der Waals surface area contributed by atoms with Gasteiger partial charge in [0.15, 0.2) is 6.54 Å². The number of carbonyl (C=O) groups is 1. The highest BCUT2D eigenvalue weighted by atomic mass is 32.1. The van der Waals surface area contributed by atoms with E-state index in [9.17, 15) is 18.0 Å². The topological polar surface area (TPSA) is 45.7 Å². The number of hydrogen-bond donors (Lipinski definition) is 2. The molecule has 124 valence electrons. The Balaban J connectivity index is 2.02. The lowest BCUT2D eigenvalue weighted by atomic mass is 10.0. The molecule has 2 rings (SSSR count). The van der Waals surface area contributed by atoms with Crippen molar-refractivity contribution in [2.24, 2.45) is 0 Å². The Hall–Kier alpha value is -1.86. The summed E-state index contributed by atoms with van der Waals surface area (Å²) < 4.78 is 36.4. The summed E-state index contributed by atoms with van der Waals surface area (Å²) >= 11 is 1.56. The predicted octanol–water partition coefficient (Wildman–Crippen LogP) is 2.39. The largest absolute Gasteiger partial charge is 0.405 e. The number of thiophene rings is 1. The number of halogens is 3. The molecule has 1 aromatic carbocycles. The summed E-state index contributed by atoms with van der Waals surface area (Å²) in [6.45, 7) is 0.624. The van der Waals surface area contributed by atoms with E-state index in [2.05, 4.69) is 0 Å². The maximum absolute atomic E-state index is 12.1. The Bertz CT molecular complexity index is 624. The molecule has 1 aromatic heterocycles. The molecule has 2 aromatic rings. The van der Waals surface area contributed by atoms with Gasteiger partial charge in [-0.25, -0.2) is 0 Å². The summed E-state index contributed by atoms with van der Waals surface area (Å²) in [5.41, 5.74) is 2.14. The number of quaternary nitrogens is 1. The molecule has 0 unspecified atom stereocenters. The highest BCUT2D eigenvalue weighted by Crippen LogP contribution is 2.22. The predicted molar refractivity (Wildman–Crippen MR) is 83.2 cm³/mol. The molecule has 1 atom stereocenters. The van der Waals surface area contributed by atoms with Gasteiger partial charge in [0, 0.05) is 5.56 Å². The number of hydrogen-bond acceptors (Lipinski definition) is 2. The van der Waals surface area contributed by atoms with Gasteiger partial charge in [-0.15, -0.1) is 11.3 Å². The van der Waals surface area contributed by atoms with E-state index in [-0.39, 0.29) is 12.6 Å². The smallest absolute Gasteiger partial charge is 0.342 e. The van der Waals surface area contributed by atoms with E-state index >= 15 is 0 Å². The first-order chi connectivity index (χ1) is 10.8. The minimum atomic E-state index is -4.39.